The summed E-state index contributed by atoms with van der Waals surface area (Å²) in [7, 11) is 0. The van der Waals surface area contributed by atoms with Crippen molar-refractivity contribution in [3.8, 4) is 0 Å². The maximum absolute atomic E-state index is 6.12. The van der Waals surface area contributed by atoms with Gasteiger partial charge in [0.25, 0.3) is 0 Å². The van der Waals surface area contributed by atoms with Gasteiger partial charge < -0.3 is 0 Å². The van der Waals surface area contributed by atoms with E-state index in [4.69, 9.17) is 52.2 Å². The first-order chi connectivity index (χ1) is 8.52. The van der Waals surface area contributed by atoms with Gasteiger partial charge in [0.15, 0.2) is 0 Å². The standard InChI is InChI=1S/C11H8Cl4N2S/c12-7-2-1-5(3-8(7)13)10(17-16)6-4-9(14)18-11(6)15/h1-4,10,17H,16H2. The van der Waals surface area contributed by atoms with Crippen LogP contribution in [0.1, 0.15) is 17.2 Å². The van der Waals surface area contributed by atoms with Crippen molar-refractivity contribution in [2.24, 2.45) is 5.84 Å². The second kappa shape index (κ2) is 5.97. The zero-order valence-corrected chi connectivity index (χ0v) is 12.7. The Morgan fingerprint density at radius 3 is 2.28 bits per heavy atom. The molecule has 0 saturated heterocycles. The number of hydrazine groups is 1. The number of benzene rings is 1. The number of hydrogen-bond acceptors (Lipinski definition) is 3. The van der Waals surface area contributed by atoms with E-state index in [0.717, 1.165) is 11.1 Å². The van der Waals surface area contributed by atoms with E-state index < -0.39 is 0 Å². The zero-order valence-electron chi connectivity index (χ0n) is 8.88. The summed E-state index contributed by atoms with van der Waals surface area (Å²) in [4.78, 5) is 0. The van der Waals surface area contributed by atoms with Gasteiger partial charge in [-0.2, -0.15) is 0 Å². The van der Waals surface area contributed by atoms with Crippen molar-refractivity contribution < 1.29 is 0 Å². The molecule has 7 heteroatoms. The van der Waals surface area contributed by atoms with Crippen LogP contribution in [0.5, 0.6) is 0 Å². The molecule has 1 aromatic carbocycles. The summed E-state index contributed by atoms with van der Waals surface area (Å²) in [6.45, 7) is 0. The van der Waals surface area contributed by atoms with E-state index in [1.54, 1.807) is 18.2 Å². The average Bonchev–Trinajstić information content (AvgIpc) is 2.64. The van der Waals surface area contributed by atoms with Crippen molar-refractivity contribution in [1.82, 2.24) is 5.43 Å². The van der Waals surface area contributed by atoms with Gasteiger partial charge in [-0.05, 0) is 23.8 Å². The van der Waals surface area contributed by atoms with Crippen LogP contribution in [-0.4, -0.2) is 0 Å². The lowest BCUT2D eigenvalue weighted by atomic mass is 10.0. The lowest BCUT2D eigenvalue weighted by Gasteiger charge is -2.16. The van der Waals surface area contributed by atoms with E-state index >= 15 is 0 Å². The molecule has 0 aliphatic heterocycles. The van der Waals surface area contributed by atoms with Crippen molar-refractivity contribution in [1.29, 1.82) is 0 Å². The normalized spacial score (nSPS) is 12.7. The number of hydrogen-bond donors (Lipinski definition) is 2. The fraction of sp³-hybridized carbons (Fsp3) is 0.0909. The van der Waals surface area contributed by atoms with Gasteiger partial charge in [-0.3, -0.25) is 5.84 Å². The predicted molar refractivity (Wildman–Crippen MR) is 80.0 cm³/mol. The van der Waals surface area contributed by atoms with Gasteiger partial charge in [-0.25, -0.2) is 5.43 Å². The van der Waals surface area contributed by atoms with E-state index in [1.165, 1.54) is 11.3 Å². The summed E-state index contributed by atoms with van der Waals surface area (Å²) < 4.78 is 1.20. The number of nitrogens with two attached hydrogens (primary N) is 1. The molecule has 0 saturated carbocycles. The van der Waals surface area contributed by atoms with Crippen molar-refractivity contribution in [2.75, 3.05) is 0 Å². The highest BCUT2D eigenvalue weighted by atomic mass is 35.5. The molecular weight excluding hydrogens is 334 g/mol. The van der Waals surface area contributed by atoms with E-state index in [-0.39, 0.29) is 6.04 Å². The van der Waals surface area contributed by atoms with E-state index in [1.807, 2.05) is 6.07 Å². The van der Waals surface area contributed by atoms with Crippen LogP contribution in [0.3, 0.4) is 0 Å². The van der Waals surface area contributed by atoms with Crippen LogP contribution >= 0.6 is 57.7 Å². The van der Waals surface area contributed by atoms with Gasteiger partial charge in [0.2, 0.25) is 0 Å². The zero-order chi connectivity index (χ0) is 13.3. The Balaban J connectivity index is 2.45. The molecule has 0 spiro atoms. The molecule has 0 fully saturated rings. The largest absolute Gasteiger partial charge is 0.271 e. The number of rotatable bonds is 3. The first-order valence-corrected chi connectivity index (χ1v) is 7.21. The summed E-state index contributed by atoms with van der Waals surface area (Å²) >= 11 is 25.2. The highest BCUT2D eigenvalue weighted by Crippen LogP contribution is 2.38. The second-order valence-corrected chi connectivity index (χ2v) is 6.65. The first-order valence-electron chi connectivity index (χ1n) is 4.88. The van der Waals surface area contributed by atoms with E-state index in [0.29, 0.717) is 18.7 Å². The quantitative estimate of drug-likeness (QED) is 0.614. The predicted octanol–water partition coefficient (Wildman–Crippen LogP) is 4.91. The lowest BCUT2D eigenvalue weighted by Crippen LogP contribution is -2.28. The molecule has 2 aromatic rings. The summed E-state index contributed by atoms with van der Waals surface area (Å²) in [6, 6.07) is 6.79. The molecule has 3 N–H and O–H groups in total. The molecule has 1 aromatic heterocycles. The Bertz CT molecular complexity index is 570. The Labute approximate surface area is 129 Å². The van der Waals surface area contributed by atoms with Crippen molar-refractivity contribution in [3.05, 3.63) is 54.1 Å². The molecule has 2 rings (SSSR count). The highest BCUT2D eigenvalue weighted by Gasteiger charge is 2.19. The van der Waals surface area contributed by atoms with Crippen LogP contribution in [0.4, 0.5) is 0 Å². The fourth-order valence-electron chi connectivity index (χ4n) is 1.61. The number of nitrogens with one attached hydrogen (secondary N) is 1. The van der Waals surface area contributed by atoms with Crippen LogP contribution in [0, 0.1) is 0 Å². The van der Waals surface area contributed by atoms with Gasteiger partial charge in [0.05, 0.1) is 24.8 Å². The third kappa shape index (κ3) is 2.94. The minimum atomic E-state index is -0.281. The van der Waals surface area contributed by atoms with Crippen LogP contribution in [0.25, 0.3) is 0 Å². The SMILES string of the molecule is NNC(c1ccc(Cl)c(Cl)c1)c1cc(Cl)sc1Cl. The van der Waals surface area contributed by atoms with Gasteiger partial charge >= 0.3 is 0 Å². The summed E-state index contributed by atoms with van der Waals surface area (Å²) in [5.74, 6) is 5.58. The Morgan fingerprint density at radius 1 is 1.06 bits per heavy atom. The Hall–Kier alpha value is -0.000000000000000167. The summed E-state index contributed by atoms with van der Waals surface area (Å²) in [5, 5.41) is 0.956. The van der Waals surface area contributed by atoms with Gasteiger partial charge in [-0.1, -0.05) is 52.5 Å². The van der Waals surface area contributed by atoms with Crippen LogP contribution in [0.15, 0.2) is 24.3 Å². The van der Waals surface area contributed by atoms with E-state index in [9.17, 15) is 0 Å². The van der Waals surface area contributed by atoms with Gasteiger partial charge in [0, 0.05) is 5.56 Å². The minimum absolute atomic E-state index is 0.281. The molecule has 2 nitrogen and oxygen atoms in total. The van der Waals surface area contributed by atoms with Crippen LogP contribution < -0.4 is 11.3 Å². The molecule has 96 valence electrons. The molecule has 1 heterocycles. The summed E-state index contributed by atoms with van der Waals surface area (Å²) in [5.41, 5.74) is 4.37. The molecule has 0 aliphatic rings. The number of halogens is 4. The van der Waals surface area contributed by atoms with Crippen LogP contribution in [-0.2, 0) is 0 Å². The molecule has 0 radical (unpaired) electrons. The summed E-state index contributed by atoms with van der Waals surface area (Å²) in [6.07, 6.45) is 0. The lowest BCUT2D eigenvalue weighted by molar-refractivity contribution is 0.639. The van der Waals surface area contributed by atoms with E-state index in [2.05, 4.69) is 5.43 Å². The van der Waals surface area contributed by atoms with Gasteiger partial charge in [0.1, 0.15) is 0 Å². The maximum atomic E-state index is 6.12. The minimum Gasteiger partial charge on any atom is -0.271 e. The topological polar surface area (TPSA) is 38.0 Å². The average molecular weight is 342 g/mol. The fourth-order valence-corrected chi connectivity index (χ4v) is 3.45. The number of thiophene rings is 1. The van der Waals surface area contributed by atoms with Gasteiger partial charge in [-0.15, -0.1) is 11.3 Å². The molecule has 1 atom stereocenters. The molecular formula is C11H8Cl4N2S. The second-order valence-electron chi connectivity index (χ2n) is 3.55. The maximum Gasteiger partial charge on any atom is 0.0995 e. The van der Waals surface area contributed by atoms with Crippen LogP contribution in [0.2, 0.25) is 18.7 Å². The third-order valence-electron chi connectivity index (χ3n) is 2.44. The Kier molecular flexibility index (Phi) is 4.78. The smallest absolute Gasteiger partial charge is 0.0995 e. The highest BCUT2D eigenvalue weighted by molar-refractivity contribution is 7.20. The Morgan fingerprint density at radius 2 is 1.78 bits per heavy atom. The first kappa shape index (κ1) is 14.4. The molecule has 0 amide bonds. The molecule has 1 unspecified atom stereocenters. The third-order valence-corrected chi connectivity index (χ3v) is 4.69. The van der Waals surface area contributed by atoms with Crippen molar-refractivity contribution in [3.63, 3.8) is 0 Å². The monoisotopic (exact) mass is 340 g/mol. The molecule has 0 aliphatic carbocycles. The van der Waals surface area contributed by atoms with Crippen molar-refractivity contribution >= 4 is 57.7 Å². The van der Waals surface area contributed by atoms with Crippen molar-refractivity contribution in [2.45, 2.75) is 6.04 Å². The molecule has 18 heavy (non-hydrogen) atoms. The molecule has 0 bridgehead atoms.